The summed E-state index contributed by atoms with van der Waals surface area (Å²) < 4.78 is 5.67. The average Bonchev–Trinajstić information content (AvgIpc) is 2.67. The van der Waals surface area contributed by atoms with Crippen LogP contribution >= 0.6 is 0 Å². The maximum atomic E-state index is 5.67. The second-order valence-electron chi connectivity index (χ2n) is 3.48. The minimum Gasteiger partial charge on any atom is -0.460 e. The minimum atomic E-state index is 0.754. The summed E-state index contributed by atoms with van der Waals surface area (Å²) in [6, 6.07) is 7.94. The lowest BCUT2D eigenvalue weighted by atomic mass is 10.2. The lowest BCUT2D eigenvalue weighted by Crippen LogP contribution is -2.03. The molecule has 15 heavy (non-hydrogen) atoms. The van der Waals surface area contributed by atoms with Crippen LogP contribution in [-0.2, 0) is 6.54 Å². The van der Waals surface area contributed by atoms with Gasteiger partial charge >= 0.3 is 0 Å². The number of furan rings is 1. The number of rotatable bonds is 3. The first-order chi connectivity index (χ1) is 7.29. The molecule has 0 aliphatic rings. The third kappa shape index (κ3) is 2.25. The third-order valence-corrected chi connectivity index (χ3v) is 2.19. The zero-order valence-corrected chi connectivity index (χ0v) is 8.95. The fourth-order valence-corrected chi connectivity index (χ4v) is 1.50. The first-order valence-corrected chi connectivity index (χ1v) is 4.96. The molecule has 0 aliphatic carbocycles. The Morgan fingerprint density at radius 1 is 1.33 bits per heavy atom. The summed E-state index contributed by atoms with van der Waals surface area (Å²) in [6.07, 6.45) is 1.80. The Kier molecular flexibility index (Phi) is 2.83. The Morgan fingerprint density at radius 2 is 2.20 bits per heavy atom. The smallest absolute Gasteiger partial charge is 0.134 e. The van der Waals surface area contributed by atoms with Gasteiger partial charge in [-0.25, -0.2) is 0 Å². The zero-order chi connectivity index (χ0) is 10.7. The van der Waals surface area contributed by atoms with Gasteiger partial charge in [0.1, 0.15) is 11.5 Å². The lowest BCUT2D eigenvalue weighted by molar-refractivity contribution is 0.507. The van der Waals surface area contributed by atoms with Crippen molar-refractivity contribution in [1.82, 2.24) is 10.3 Å². The fraction of sp³-hybridized carbons (Fsp3) is 0.250. The number of hydrogen-bond acceptors (Lipinski definition) is 3. The topological polar surface area (TPSA) is 38.1 Å². The largest absolute Gasteiger partial charge is 0.460 e. The van der Waals surface area contributed by atoms with E-state index in [4.69, 9.17) is 4.42 Å². The number of pyridine rings is 1. The summed E-state index contributed by atoms with van der Waals surface area (Å²) >= 11 is 0. The molecule has 3 nitrogen and oxygen atoms in total. The van der Waals surface area contributed by atoms with Crippen LogP contribution in [0, 0.1) is 6.92 Å². The fourth-order valence-electron chi connectivity index (χ4n) is 1.50. The number of aryl methyl sites for hydroxylation is 1. The number of nitrogens with zero attached hydrogens (tertiary/aromatic N) is 1. The van der Waals surface area contributed by atoms with E-state index in [2.05, 4.69) is 10.3 Å². The van der Waals surface area contributed by atoms with Gasteiger partial charge in [-0.15, -0.1) is 0 Å². The quantitative estimate of drug-likeness (QED) is 0.830. The molecule has 0 saturated carbocycles. The summed E-state index contributed by atoms with van der Waals surface area (Å²) in [5.74, 6) is 1.84. The molecular weight excluding hydrogens is 188 g/mol. The van der Waals surface area contributed by atoms with Crippen molar-refractivity contribution in [2.75, 3.05) is 7.05 Å². The molecule has 0 saturated heterocycles. The monoisotopic (exact) mass is 202 g/mol. The first-order valence-electron chi connectivity index (χ1n) is 4.96. The van der Waals surface area contributed by atoms with E-state index in [0.29, 0.717) is 0 Å². The summed E-state index contributed by atoms with van der Waals surface area (Å²) in [6.45, 7) is 2.73. The van der Waals surface area contributed by atoms with E-state index in [-0.39, 0.29) is 0 Å². The Labute approximate surface area is 89.1 Å². The van der Waals surface area contributed by atoms with Gasteiger partial charge in [-0.1, -0.05) is 0 Å². The standard InChI is InChI=1S/C12H14N2O/c1-9-7-10(5-6-14-9)12-4-3-11(15-12)8-13-2/h3-7,13H,8H2,1-2H3. The van der Waals surface area contributed by atoms with E-state index in [9.17, 15) is 0 Å². The molecule has 0 atom stereocenters. The molecule has 0 bridgehead atoms. The van der Waals surface area contributed by atoms with Crippen LogP contribution in [0.5, 0.6) is 0 Å². The van der Waals surface area contributed by atoms with Crippen LogP contribution in [0.15, 0.2) is 34.9 Å². The van der Waals surface area contributed by atoms with E-state index in [1.807, 2.05) is 38.2 Å². The molecular formula is C12H14N2O. The molecule has 1 N–H and O–H groups in total. The Hall–Kier alpha value is -1.61. The molecule has 0 radical (unpaired) electrons. The van der Waals surface area contributed by atoms with Crippen molar-refractivity contribution in [2.45, 2.75) is 13.5 Å². The van der Waals surface area contributed by atoms with Crippen molar-refractivity contribution in [1.29, 1.82) is 0 Å². The molecule has 2 aromatic heterocycles. The maximum absolute atomic E-state index is 5.67. The molecule has 0 aromatic carbocycles. The van der Waals surface area contributed by atoms with Crippen molar-refractivity contribution in [3.8, 4) is 11.3 Å². The van der Waals surface area contributed by atoms with Crippen molar-refractivity contribution in [3.05, 3.63) is 41.9 Å². The minimum absolute atomic E-state index is 0.754. The molecule has 0 spiro atoms. The van der Waals surface area contributed by atoms with Crippen LogP contribution in [0.25, 0.3) is 11.3 Å². The van der Waals surface area contributed by atoms with Gasteiger partial charge in [0.25, 0.3) is 0 Å². The van der Waals surface area contributed by atoms with Gasteiger partial charge in [0, 0.05) is 17.5 Å². The highest BCUT2D eigenvalue weighted by Gasteiger charge is 2.04. The van der Waals surface area contributed by atoms with E-state index < -0.39 is 0 Å². The highest BCUT2D eigenvalue weighted by atomic mass is 16.3. The average molecular weight is 202 g/mol. The highest BCUT2D eigenvalue weighted by Crippen LogP contribution is 2.21. The van der Waals surface area contributed by atoms with Crippen LogP contribution in [0.3, 0.4) is 0 Å². The van der Waals surface area contributed by atoms with Gasteiger partial charge in [-0.2, -0.15) is 0 Å². The van der Waals surface area contributed by atoms with Crippen molar-refractivity contribution in [3.63, 3.8) is 0 Å². The summed E-state index contributed by atoms with van der Waals surface area (Å²) in [7, 11) is 1.90. The van der Waals surface area contributed by atoms with E-state index in [0.717, 1.165) is 29.3 Å². The van der Waals surface area contributed by atoms with Gasteiger partial charge in [-0.05, 0) is 38.2 Å². The normalized spacial score (nSPS) is 10.5. The van der Waals surface area contributed by atoms with E-state index in [1.165, 1.54) is 0 Å². The molecule has 78 valence electrons. The van der Waals surface area contributed by atoms with Crippen LogP contribution in [0.4, 0.5) is 0 Å². The SMILES string of the molecule is CNCc1ccc(-c2ccnc(C)c2)o1. The predicted octanol–water partition coefficient (Wildman–Crippen LogP) is 2.37. The van der Waals surface area contributed by atoms with Crippen molar-refractivity contribution in [2.24, 2.45) is 0 Å². The van der Waals surface area contributed by atoms with Gasteiger partial charge in [0.05, 0.1) is 6.54 Å². The Bertz CT molecular complexity index is 448. The first kappa shape index (κ1) is 9.93. The zero-order valence-electron chi connectivity index (χ0n) is 8.95. The number of nitrogens with one attached hydrogen (secondary N) is 1. The van der Waals surface area contributed by atoms with Crippen LogP contribution < -0.4 is 5.32 Å². The second kappa shape index (κ2) is 4.28. The summed E-state index contributed by atoms with van der Waals surface area (Å²) in [5.41, 5.74) is 2.07. The van der Waals surface area contributed by atoms with Crippen molar-refractivity contribution >= 4 is 0 Å². The van der Waals surface area contributed by atoms with Gasteiger partial charge < -0.3 is 9.73 Å². The number of hydrogen-bond donors (Lipinski definition) is 1. The van der Waals surface area contributed by atoms with Gasteiger partial charge in [0.2, 0.25) is 0 Å². The third-order valence-electron chi connectivity index (χ3n) is 2.19. The Morgan fingerprint density at radius 3 is 2.93 bits per heavy atom. The molecule has 0 amide bonds. The molecule has 0 unspecified atom stereocenters. The van der Waals surface area contributed by atoms with Gasteiger partial charge in [-0.3, -0.25) is 4.98 Å². The summed E-state index contributed by atoms with van der Waals surface area (Å²) in [4.78, 5) is 4.15. The lowest BCUT2D eigenvalue weighted by Gasteiger charge is -1.98. The molecule has 0 aliphatic heterocycles. The van der Waals surface area contributed by atoms with E-state index >= 15 is 0 Å². The Balaban J connectivity index is 2.29. The summed E-state index contributed by atoms with van der Waals surface area (Å²) in [5, 5.41) is 3.05. The van der Waals surface area contributed by atoms with E-state index in [1.54, 1.807) is 6.20 Å². The second-order valence-corrected chi connectivity index (χ2v) is 3.48. The van der Waals surface area contributed by atoms with Crippen LogP contribution in [-0.4, -0.2) is 12.0 Å². The maximum Gasteiger partial charge on any atom is 0.134 e. The molecule has 2 rings (SSSR count). The van der Waals surface area contributed by atoms with Gasteiger partial charge in [0.15, 0.2) is 0 Å². The van der Waals surface area contributed by atoms with Crippen LogP contribution in [0.2, 0.25) is 0 Å². The molecule has 2 aromatic rings. The predicted molar refractivity (Wildman–Crippen MR) is 59.4 cm³/mol. The highest BCUT2D eigenvalue weighted by molar-refractivity contribution is 5.57. The van der Waals surface area contributed by atoms with Crippen molar-refractivity contribution < 1.29 is 4.42 Å². The number of aromatic nitrogens is 1. The molecule has 0 fully saturated rings. The molecule has 3 heteroatoms. The van der Waals surface area contributed by atoms with Crippen LogP contribution in [0.1, 0.15) is 11.5 Å². The molecule has 2 heterocycles.